The van der Waals surface area contributed by atoms with E-state index in [4.69, 9.17) is 9.47 Å². The van der Waals surface area contributed by atoms with E-state index >= 15 is 0 Å². The van der Waals surface area contributed by atoms with Crippen LogP contribution in [0.2, 0.25) is 0 Å². The highest BCUT2D eigenvalue weighted by Gasteiger charge is 2.40. The Labute approximate surface area is 191 Å². The Morgan fingerprint density at radius 3 is 2.33 bits per heavy atom. The van der Waals surface area contributed by atoms with Crippen LogP contribution in [0.4, 0.5) is 18.0 Å². The molecule has 1 atom stereocenters. The number of hydrogen-bond acceptors (Lipinski definition) is 3. The molecule has 178 valence electrons. The van der Waals surface area contributed by atoms with Crippen molar-refractivity contribution in [3.8, 4) is 5.75 Å². The van der Waals surface area contributed by atoms with Crippen LogP contribution in [0.25, 0.3) is 10.8 Å². The van der Waals surface area contributed by atoms with Crippen LogP contribution in [-0.2, 0) is 16.5 Å². The summed E-state index contributed by atoms with van der Waals surface area (Å²) in [6, 6.07) is 7.92. The van der Waals surface area contributed by atoms with Crippen molar-refractivity contribution in [2.45, 2.75) is 76.1 Å². The lowest BCUT2D eigenvalue weighted by atomic mass is 9.78. The summed E-state index contributed by atoms with van der Waals surface area (Å²) >= 11 is 0. The summed E-state index contributed by atoms with van der Waals surface area (Å²) in [5.41, 5.74) is -0.786. The summed E-state index contributed by atoms with van der Waals surface area (Å²) in [4.78, 5) is 11.5. The van der Waals surface area contributed by atoms with Gasteiger partial charge in [0, 0.05) is 0 Å². The standard InChI is InChI=1S/C26H30F3NO3/c1-25(15-32-24(31)30-25)19-9-12-21-18(14-19)8-13-22(23(21)26(27,28)29)33-20-10-6-17(7-11-20)16-4-2-3-5-16/h8-9,12-14,16-17,20H,2-7,10-11,15H2,1H3,(H,30,31). The molecule has 1 amide bonds. The lowest BCUT2D eigenvalue weighted by Crippen LogP contribution is -2.37. The molecule has 1 heterocycles. The highest BCUT2D eigenvalue weighted by molar-refractivity contribution is 5.89. The second-order valence-electron chi connectivity index (χ2n) is 10.1. The first kappa shape index (κ1) is 22.4. The van der Waals surface area contributed by atoms with Gasteiger partial charge in [-0.15, -0.1) is 0 Å². The lowest BCUT2D eigenvalue weighted by molar-refractivity contribution is -0.138. The predicted molar refractivity (Wildman–Crippen MR) is 119 cm³/mol. The number of halogens is 3. The van der Waals surface area contributed by atoms with Crippen LogP contribution in [0.3, 0.4) is 0 Å². The zero-order chi connectivity index (χ0) is 23.2. The maximum absolute atomic E-state index is 14.2. The molecule has 0 bridgehead atoms. The third-order valence-corrected chi connectivity index (χ3v) is 7.85. The van der Waals surface area contributed by atoms with Crippen LogP contribution in [0.1, 0.15) is 69.4 Å². The van der Waals surface area contributed by atoms with Crippen molar-refractivity contribution in [1.82, 2.24) is 5.32 Å². The molecule has 1 saturated heterocycles. The van der Waals surface area contributed by atoms with Crippen molar-refractivity contribution >= 4 is 16.9 Å². The number of fused-ring (bicyclic) bond motifs is 1. The molecule has 3 aliphatic rings. The van der Waals surface area contributed by atoms with Crippen molar-refractivity contribution in [2.24, 2.45) is 11.8 Å². The smallest absolute Gasteiger partial charge is 0.420 e. The molecule has 2 aromatic rings. The van der Waals surface area contributed by atoms with Gasteiger partial charge in [-0.3, -0.25) is 0 Å². The van der Waals surface area contributed by atoms with Gasteiger partial charge in [0.15, 0.2) is 0 Å². The van der Waals surface area contributed by atoms with E-state index in [-0.39, 0.29) is 23.8 Å². The van der Waals surface area contributed by atoms with Crippen LogP contribution in [0, 0.1) is 11.8 Å². The Bertz CT molecular complexity index is 1040. The molecule has 1 N–H and O–H groups in total. The van der Waals surface area contributed by atoms with Crippen LogP contribution in [0.5, 0.6) is 5.75 Å². The highest BCUT2D eigenvalue weighted by Crippen LogP contribution is 2.44. The Morgan fingerprint density at radius 2 is 1.70 bits per heavy atom. The molecule has 2 saturated carbocycles. The highest BCUT2D eigenvalue weighted by atomic mass is 19.4. The van der Waals surface area contributed by atoms with Crippen LogP contribution in [0.15, 0.2) is 30.3 Å². The molecule has 4 nitrogen and oxygen atoms in total. The van der Waals surface area contributed by atoms with Gasteiger partial charge in [-0.2, -0.15) is 13.2 Å². The molecule has 33 heavy (non-hydrogen) atoms. The normalized spacial score (nSPS) is 28.7. The first-order chi connectivity index (χ1) is 15.7. The van der Waals surface area contributed by atoms with Crippen molar-refractivity contribution in [3.63, 3.8) is 0 Å². The predicted octanol–water partition coefficient (Wildman–Crippen LogP) is 6.94. The molecule has 5 rings (SSSR count). The van der Waals surface area contributed by atoms with E-state index in [0.717, 1.165) is 31.6 Å². The number of hydrogen-bond donors (Lipinski definition) is 1. The lowest BCUT2D eigenvalue weighted by Gasteiger charge is -2.33. The van der Waals surface area contributed by atoms with E-state index in [9.17, 15) is 18.0 Å². The molecule has 0 radical (unpaired) electrons. The number of alkyl carbamates (subject to hydrolysis) is 1. The third-order valence-electron chi connectivity index (χ3n) is 7.85. The van der Waals surface area contributed by atoms with Crippen molar-refractivity contribution < 1.29 is 27.4 Å². The molecule has 0 spiro atoms. The second kappa shape index (κ2) is 8.41. The van der Waals surface area contributed by atoms with Gasteiger partial charge in [0.1, 0.15) is 17.9 Å². The molecule has 0 aromatic heterocycles. The SMILES string of the molecule is CC1(c2ccc3c(C(F)(F)F)c(OC4CCC(C5CCCC5)CC4)ccc3c2)COC(=O)N1. The van der Waals surface area contributed by atoms with E-state index in [1.54, 1.807) is 25.1 Å². The number of amides is 1. The summed E-state index contributed by atoms with van der Waals surface area (Å²) in [6.07, 6.45) is 3.70. The molecule has 1 unspecified atom stereocenters. The fourth-order valence-corrected chi connectivity index (χ4v) is 5.99. The van der Waals surface area contributed by atoms with Gasteiger partial charge in [-0.25, -0.2) is 4.79 Å². The summed E-state index contributed by atoms with van der Waals surface area (Å²) in [6.45, 7) is 1.93. The number of benzene rings is 2. The Kier molecular flexibility index (Phi) is 5.69. The van der Waals surface area contributed by atoms with Crippen LogP contribution < -0.4 is 10.1 Å². The Hall–Kier alpha value is -2.44. The van der Waals surface area contributed by atoms with E-state index in [2.05, 4.69) is 5.32 Å². The number of rotatable bonds is 4. The van der Waals surface area contributed by atoms with Gasteiger partial charge >= 0.3 is 12.3 Å². The average molecular weight is 462 g/mol. The number of carbonyl (C=O) groups is 1. The van der Waals surface area contributed by atoms with Gasteiger partial charge in [0.25, 0.3) is 0 Å². The number of ether oxygens (including phenoxy) is 2. The Balaban J connectivity index is 1.39. The van der Waals surface area contributed by atoms with Gasteiger partial charge < -0.3 is 14.8 Å². The van der Waals surface area contributed by atoms with Gasteiger partial charge in [-0.05, 0) is 72.9 Å². The van der Waals surface area contributed by atoms with Gasteiger partial charge in [0.05, 0.1) is 11.6 Å². The first-order valence-corrected chi connectivity index (χ1v) is 12.0. The van der Waals surface area contributed by atoms with E-state index in [1.807, 2.05) is 0 Å². The molecule has 2 aromatic carbocycles. The first-order valence-electron chi connectivity index (χ1n) is 12.0. The summed E-state index contributed by atoms with van der Waals surface area (Å²) in [5, 5.41) is 3.30. The van der Waals surface area contributed by atoms with Gasteiger partial charge in [-0.1, -0.05) is 43.9 Å². The van der Waals surface area contributed by atoms with Crippen LogP contribution >= 0.6 is 0 Å². The van der Waals surface area contributed by atoms with Crippen molar-refractivity contribution in [1.29, 1.82) is 0 Å². The number of cyclic esters (lactones) is 1. The van der Waals surface area contributed by atoms with Crippen molar-refractivity contribution in [2.75, 3.05) is 6.61 Å². The minimum Gasteiger partial charge on any atom is -0.490 e. The van der Waals surface area contributed by atoms with Crippen LogP contribution in [-0.4, -0.2) is 18.8 Å². The molecule has 1 aliphatic heterocycles. The third kappa shape index (κ3) is 4.38. The molecular weight excluding hydrogens is 431 g/mol. The summed E-state index contributed by atoms with van der Waals surface area (Å²) in [7, 11) is 0. The van der Waals surface area contributed by atoms with E-state index in [0.29, 0.717) is 16.9 Å². The summed E-state index contributed by atoms with van der Waals surface area (Å²) in [5.74, 6) is 1.41. The molecule has 3 fully saturated rings. The number of nitrogens with one attached hydrogen (secondary N) is 1. The minimum atomic E-state index is -4.54. The maximum atomic E-state index is 14.2. The molecule has 7 heteroatoms. The summed E-state index contributed by atoms with van der Waals surface area (Å²) < 4.78 is 53.5. The monoisotopic (exact) mass is 461 g/mol. The Morgan fingerprint density at radius 1 is 1.00 bits per heavy atom. The average Bonchev–Trinajstić information content (AvgIpc) is 3.43. The van der Waals surface area contributed by atoms with E-state index in [1.165, 1.54) is 37.8 Å². The quantitative estimate of drug-likeness (QED) is 0.536. The molecular formula is C26H30F3NO3. The fourth-order valence-electron chi connectivity index (χ4n) is 5.99. The largest absolute Gasteiger partial charge is 0.490 e. The zero-order valence-corrected chi connectivity index (χ0v) is 18.8. The number of alkyl halides is 3. The second-order valence-corrected chi connectivity index (χ2v) is 10.1. The molecule has 2 aliphatic carbocycles. The maximum Gasteiger partial charge on any atom is 0.420 e. The minimum absolute atomic E-state index is 0.0872. The van der Waals surface area contributed by atoms with Crippen molar-refractivity contribution in [3.05, 3.63) is 41.5 Å². The van der Waals surface area contributed by atoms with Gasteiger partial charge in [0.2, 0.25) is 0 Å². The zero-order valence-electron chi connectivity index (χ0n) is 18.8. The van der Waals surface area contributed by atoms with E-state index < -0.39 is 23.4 Å². The number of carbonyl (C=O) groups excluding carboxylic acids is 1. The fraction of sp³-hybridized carbons (Fsp3) is 0.577. The topological polar surface area (TPSA) is 47.6 Å².